The number of nitrogens with zero attached hydrogens (tertiary/aromatic N) is 3. The van der Waals surface area contributed by atoms with Crippen LogP contribution in [0, 0.1) is 0 Å². The van der Waals surface area contributed by atoms with E-state index in [1.54, 1.807) is 22.1 Å². The molecule has 0 aromatic heterocycles. The monoisotopic (exact) mass is 860 g/mol. The SMILES string of the molecule is CC(C)(C)c1ccc2c(c1)C(C)(C)c1cc(C(C)(C)C)ccc1N2c1cc2c3c(c1)N1c4c(cc(C(C)(C)C)cc4C4(C)CCCCC14C)B3c1cccc3c1N2C1(C)CCCCC31C. The maximum atomic E-state index is 2.97. The highest BCUT2D eigenvalue weighted by molar-refractivity contribution is 7.00. The van der Waals surface area contributed by atoms with E-state index in [-0.39, 0.29) is 50.3 Å². The Morgan fingerprint density at radius 1 is 0.446 bits per heavy atom. The Morgan fingerprint density at radius 3 is 1.42 bits per heavy atom. The summed E-state index contributed by atoms with van der Waals surface area (Å²) in [6, 6.07) is 33.2. The molecule has 0 saturated heterocycles. The Morgan fingerprint density at radius 2 is 0.908 bits per heavy atom. The van der Waals surface area contributed by atoms with Gasteiger partial charge in [-0.3, -0.25) is 0 Å². The Hall–Kier alpha value is -4.44. The molecule has 0 spiro atoms. The van der Waals surface area contributed by atoms with Crippen molar-refractivity contribution in [2.45, 2.75) is 199 Å². The second kappa shape index (κ2) is 12.6. The molecule has 2 saturated carbocycles. The lowest BCUT2D eigenvalue weighted by Gasteiger charge is -2.55. The number of anilines is 7. The maximum Gasteiger partial charge on any atom is 0.252 e. The summed E-state index contributed by atoms with van der Waals surface area (Å²) in [4.78, 5) is 8.63. The van der Waals surface area contributed by atoms with E-state index < -0.39 is 0 Å². The molecule has 4 unspecified atom stereocenters. The molecule has 2 aliphatic carbocycles. The van der Waals surface area contributed by atoms with Crippen molar-refractivity contribution in [2.24, 2.45) is 0 Å². The Balaban J connectivity index is 1.22. The zero-order valence-electron chi connectivity index (χ0n) is 42.6. The summed E-state index contributed by atoms with van der Waals surface area (Å²) in [7, 11) is 0. The first-order valence-electron chi connectivity index (χ1n) is 25.6. The number of hydrogen-bond donors (Lipinski definition) is 0. The number of hydrogen-bond acceptors (Lipinski definition) is 3. The predicted octanol–water partition coefficient (Wildman–Crippen LogP) is 14.3. The van der Waals surface area contributed by atoms with Crippen LogP contribution < -0.4 is 31.1 Å². The molecule has 5 aromatic rings. The van der Waals surface area contributed by atoms with Gasteiger partial charge in [-0.2, -0.15) is 0 Å². The van der Waals surface area contributed by atoms with Crippen LogP contribution in [-0.4, -0.2) is 17.8 Å². The predicted molar refractivity (Wildman–Crippen MR) is 280 cm³/mol. The standard InChI is InChI=1S/C61H74BN3/c1-54(2,3)37-23-25-47-42(31-37)57(10,11)43-32-38(55(4,5)6)24-26-48(43)63(47)40-35-49-51-50(36-40)65-53-44(59(13)28-17-19-30-61(59,65)15)33-39(56(7,8)9)34-46(53)62(51)45-22-20-21-41-52(45)64(49)60(14)29-18-16-27-58(41,60)12/h20-26,31-36H,16-19,27-30H2,1-15H3. The highest BCUT2D eigenvalue weighted by Gasteiger charge is 2.65. The van der Waals surface area contributed by atoms with Gasteiger partial charge in [0.2, 0.25) is 0 Å². The average molecular weight is 860 g/mol. The molecule has 7 aliphatic rings. The van der Waals surface area contributed by atoms with E-state index in [1.807, 2.05) is 0 Å². The summed E-state index contributed by atoms with van der Waals surface area (Å²) < 4.78 is 0. The van der Waals surface area contributed by atoms with Crippen molar-refractivity contribution >= 4 is 62.9 Å². The van der Waals surface area contributed by atoms with Crippen LogP contribution in [0.4, 0.5) is 39.8 Å². The van der Waals surface area contributed by atoms with E-state index in [0.29, 0.717) is 0 Å². The molecule has 336 valence electrons. The van der Waals surface area contributed by atoms with Crippen molar-refractivity contribution in [3.63, 3.8) is 0 Å². The molecular formula is C61H74BN3. The van der Waals surface area contributed by atoms with Gasteiger partial charge in [0.25, 0.3) is 6.71 Å². The van der Waals surface area contributed by atoms with E-state index >= 15 is 0 Å². The summed E-state index contributed by atoms with van der Waals surface area (Å²) in [5.74, 6) is 0. The van der Waals surface area contributed by atoms with Crippen LogP contribution in [0.15, 0.2) is 78.9 Å². The molecule has 5 heterocycles. The zero-order chi connectivity index (χ0) is 46.0. The van der Waals surface area contributed by atoms with Crippen molar-refractivity contribution in [3.05, 3.63) is 118 Å². The van der Waals surface area contributed by atoms with Crippen molar-refractivity contribution < 1.29 is 0 Å². The second-order valence-corrected chi connectivity index (χ2v) is 26.5. The molecule has 0 N–H and O–H groups in total. The molecule has 0 radical (unpaired) electrons. The lowest BCUT2D eigenvalue weighted by molar-refractivity contribution is 0.194. The molecule has 2 fully saturated rings. The first-order valence-corrected chi connectivity index (χ1v) is 25.6. The molecule has 0 amide bonds. The highest BCUT2D eigenvalue weighted by atomic mass is 15.3. The lowest BCUT2D eigenvalue weighted by Crippen LogP contribution is -2.66. The molecule has 5 aliphatic heterocycles. The van der Waals surface area contributed by atoms with Gasteiger partial charge in [0, 0.05) is 39.0 Å². The van der Waals surface area contributed by atoms with Gasteiger partial charge in [-0.05, 0) is 135 Å². The summed E-state index contributed by atoms with van der Waals surface area (Å²) in [5, 5.41) is 0. The van der Waals surface area contributed by atoms with Gasteiger partial charge in [0.15, 0.2) is 0 Å². The van der Waals surface area contributed by atoms with Crippen LogP contribution in [0.25, 0.3) is 0 Å². The third-order valence-corrected chi connectivity index (χ3v) is 19.6. The van der Waals surface area contributed by atoms with Crippen molar-refractivity contribution in [1.29, 1.82) is 0 Å². The third kappa shape index (κ3) is 5.06. The van der Waals surface area contributed by atoms with E-state index in [4.69, 9.17) is 0 Å². The molecule has 65 heavy (non-hydrogen) atoms. The molecule has 12 rings (SSSR count). The molecule has 4 atom stereocenters. The fraction of sp³-hybridized carbons (Fsp3) is 0.508. The van der Waals surface area contributed by atoms with Crippen LogP contribution in [0.1, 0.15) is 194 Å². The van der Waals surface area contributed by atoms with Crippen molar-refractivity contribution in [3.8, 4) is 0 Å². The summed E-state index contributed by atoms with van der Waals surface area (Å²) in [5.41, 5.74) is 24.7. The minimum atomic E-state index is -0.192. The van der Waals surface area contributed by atoms with Crippen LogP contribution >= 0.6 is 0 Å². The maximum absolute atomic E-state index is 2.97. The fourth-order valence-electron chi connectivity index (χ4n) is 15.1. The van der Waals surface area contributed by atoms with Crippen LogP contribution in [0.2, 0.25) is 0 Å². The topological polar surface area (TPSA) is 9.72 Å². The van der Waals surface area contributed by atoms with Gasteiger partial charge < -0.3 is 14.7 Å². The fourth-order valence-corrected chi connectivity index (χ4v) is 15.1. The van der Waals surface area contributed by atoms with Gasteiger partial charge in [0.1, 0.15) is 0 Å². The third-order valence-electron chi connectivity index (χ3n) is 19.6. The van der Waals surface area contributed by atoms with E-state index in [2.05, 4.69) is 197 Å². The summed E-state index contributed by atoms with van der Waals surface area (Å²) >= 11 is 0. The smallest absolute Gasteiger partial charge is 0.252 e. The largest absolute Gasteiger partial charge is 0.335 e. The van der Waals surface area contributed by atoms with Crippen LogP contribution in [-0.2, 0) is 32.5 Å². The Labute approximate surface area is 392 Å². The van der Waals surface area contributed by atoms with Gasteiger partial charge >= 0.3 is 0 Å². The first kappa shape index (κ1) is 42.0. The molecular weight excluding hydrogens is 786 g/mol. The number of benzene rings is 5. The zero-order valence-corrected chi connectivity index (χ0v) is 42.6. The highest BCUT2D eigenvalue weighted by Crippen LogP contribution is 2.66. The minimum Gasteiger partial charge on any atom is -0.335 e. The van der Waals surface area contributed by atoms with E-state index in [9.17, 15) is 0 Å². The summed E-state index contributed by atoms with van der Waals surface area (Å²) in [6.07, 6.45) is 9.98. The number of fused-ring (bicyclic) bond motifs is 12. The Kier molecular flexibility index (Phi) is 8.10. The summed E-state index contributed by atoms with van der Waals surface area (Å²) in [6.45, 7) is 37.2. The molecule has 3 nitrogen and oxygen atoms in total. The van der Waals surface area contributed by atoms with Gasteiger partial charge in [-0.15, -0.1) is 0 Å². The second-order valence-electron chi connectivity index (χ2n) is 26.5. The van der Waals surface area contributed by atoms with Gasteiger partial charge in [-0.1, -0.05) is 170 Å². The Bertz CT molecular complexity index is 2830. The van der Waals surface area contributed by atoms with Crippen LogP contribution in [0.3, 0.4) is 0 Å². The van der Waals surface area contributed by atoms with E-state index in [1.165, 1.54) is 124 Å². The lowest BCUT2D eigenvalue weighted by atomic mass is 9.33. The van der Waals surface area contributed by atoms with Crippen LogP contribution in [0.5, 0.6) is 0 Å². The number of para-hydroxylation sites is 1. The van der Waals surface area contributed by atoms with E-state index in [0.717, 1.165) is 0 Å². The first-order chi connectivity index (χ1) is 30.4. The van der Waals surface area contributed by atoms with Crippen molar-refractivity contribution in [1.82, 2.24) is 0 Å². The normalized spacial score (nSPS) is 27.7. The molecule has 0 bridgehead atoms. The molecule has 5 aromatic carbocycles. The quantitative estimate of drug-likeness (QED) is 0.156. The van der Waals surface area contributed by atoms with Crippen molar-refractivity contribution in [2.75, 3.05) is 14.7 Å². The minimum absolute atomic E-state index is 0.0311. The number of rotatable bonds is 1. The van der Waals surface area contributed by atoms with Gasteiger partial charge in [-0.25, -0.2) is 0 Å². The average Bonchev–Trinajstić information content (AvgIpc) is 3.58. The molecule has 4 heteroatoms. The van der Waals surface area contributed by atoms with Gasteiger partial charge in [0.05, 0.1) is 28.1 Å².